The van der Waals surface area contributed by atoms with Crippen molar-refractivity contribution in [1.29, 1.82) is 0 Å². The van der Waals surface area contributed by atoms with Crippen LogP contribution in [0.5, 0.6) is 11.5 Å². The molecule has 0 aromatic heterocycles. The normalized spacial score (nSPS) is 11.8. The molecule has 0 spiro atoms. The zero-order valence-corrected chi connectivity index (χ0v) is 9.33. The van der Waals surface area contributed by atoms with E-state index in [9.17, 15) is 19.8 Å². The Labute approximate surface area is 102 Å². The van der Waals surface area contributed by atoms with Gasteiger partial charge in [-0.2, -0.15) is 0 Å². The average Bonchev–Trinajstić information content (AvgIpc) is 2.27. The number of benzene rings is 1. The van der Waals surface area contributed by atoms with Crippen molar-refractivity contribution in [2.45, 2.75) is 12.5 Å². The highest BCUT2D eigenvalue weighted by Gasteiger charge is 2.14. The first-order valence-corrected chi connectivity index (χ1v) is 5.12. The Morgan fingerprint density at radius 2 is 1.72 bits per heavy atom. The van der Waals surface area contributed by atoms with Gasteiger partial charge in [0.15, 0.2) is 6.10 Å². The van der Waals surface area contributed by atoms with Crippen molar-refractivity contribution < 1.29 is 30.0 Å². The summed E-state index contributed by atoms with van der Waals surface area (Å²) in [7, 11) is 0. The smallest absolute Gasteiger partial charge is 0.332 e. The molecule has 1 aromatic carbocycles. The summed E-state index contributed by atoms with van der Waals surface area (Å²) in [5.41, 5.74) is 0.0392. The third-order valence-electron chi connectivity index (χ3n) is 2.15. The highest BCUT2D eigenvalue weighted by Crippen LogP contribution is 2.20. The fourth-order valence-electron chi connectivity index (χ4n) is 1.27. The van der Waals surface area contributed by atoms with Crippen LogP contribution in [0, 0.1) is 0 Å². The summed E-state index contributed by atoms with van der Waals surface area (Å²) < 4.78 is 0. The molecule has 0 aliphatic carbocycles. The van der Waals surface area contributed by atoms with Crippen molar-refractivity contribution in [2.24, 2.45) is 0 Å². The van der Waals surface area contributed by atoms with Gasteiger partial charge in [0.05, 0.1) is 0 Å². The fourth-order valence-corrected chi connectivity index (χ4v) is 1.27. The molecule has 7 nitrogen and oxygen atoms in total. The lowest BCUT2D eigenvalue weighted by Gasteiger charge is -2.08. The van der Waals surface area contributed by atoms with Crippen LogP contribution < -0.4 is 5.32 Å². The van der Waals surface area contributed by atoms with Gasteiger partial charge in [-0.1, -0.05) is 0 Å². The lowest BCUT2D eigenvalue weighted by Crippen LogP contribution is -2.30. The number of phenolic OH excluding ortho intramolecular Hbond substituents is 2. The molecule has 18 heavy (non-hydrogen) atoms. The van der Waals surface area contributed by atoms with Crippen molar-refractivity contribution in [3.05, 3.63) is 23.8 Å². The van der Waals surface area contributed by atoms with Gasteiger partial charge >= 0.3 is 5.97 Å². The van der Waals surface area contributed by atoms with Crippen molar-refractivity contribution >= 4 is 11.9 Å². The minimum absolute atomic E-state index is 0.0390. The molecule has 1 atom stereocenters. The second-order valence-corrected chi connectivity index (χ2v) is 3.64. The van der Waals surface area contributed by atoms with Crippen LogP contribution >= 0.6 is 0 Å². The maximum Gasteiger partial charge on any atom is 0.332 e. The number of carboxylic acid groups (broad SMARTS) is 1. The monoisotopic (exact) mass is 255 g/mol. The number of carbonyl (C=O) groups excluding carboxylic acids is 1. The first-order valence-electron chi connectivity index (χ1n) is 5.12. The molecule has 0 saturated heterocycles. The molecule has 0 saturated carbocycles. The number of phenols is 2. The number of aliphatic hydroxyl groups excluding tert-OH is 1. The van der Waals surface area contributed by atoms with Gasteiger partial charge in [-0.15, -0.1) is 0 Å². The van der Waals surface area contributed by atoms with Gasteiger partial charge in [-0.05, 0) is 12.1 Å². The van der Waals surface area contributed by atoms with Crippen LogP contribution in [0.2, 0.25) is 0 Å². The van der Waals surface area contributed by atoms with Gasteiger partial charge in [-0.25, -0.2) is 4.79 Å². The van der Waals surface area contributed by atoms with Crippen LogP contribution in [0.3, 0.4) is 0 Å². The maximum absolute atomic E-state index is 11.5. The summed E-state index contributed by atoms with van der Waals surface area (Å²) in [5, 5.41) is 38.1. The average molecular weight is 255 g/mol. The van der Waals surface area contributed by atoms with Crippen LogP contribution in [0.1, 0.15) is 16.8 Å². The molecule has 0 fully saturated rings. The van der Waals surface area contributed by atoms with Crippen LogP contribution in [0.4, 0.5) is 0 Å². The molecular weight excluding hydrogens is 242 g/mol. The Balaban J connectivity index is 2.53. The molecule has 1 aromatic rings. The topological polar surface area (TPSA) is 127 Å². The van der Waals surface area contributed by atoms with Gasteiger partial charge in [0.2, 0.25) is 0 Å². The lowest BCUT2D eigenvalue weighted by molar-refractivity contribution is -0.146. The number of aromatic hydroxyl groups is 2. The van der Waals surface area contributed by atoms with Gasteiger partial charge < -0.3 is 25.7 Å². The number of aliphatic carboxylic acids is 1. The summed E-state index contributed by atoms with van der Waals surface area (Å²) in [6.07, 6.45) is -1.67. The van der Waals surface area contributed by atoms with E-state index in [1.807, 2.05) is 0 Å². The molecule has 98 valence electrons. The molecule has 0 aliphatic rings. The van der Waals surface area contributed by atoms with Crippen LogP contribution in [0.15, 0.2) is 18.2 Å². The summed E-state index contributed by atoms with van der Waals surface area (Å²) in [6, 6.07) is 3.39. The Bertz CT molecular complexity index is 439. The predicted molar refractivity (Wildman–Crippen MR) is 60.4 cm³/mol. The molecule has 0 unspecified atom stereocenters. The van der Waals surface area contributed by atoms with Gasteiger partial charge in [0.1, 0.15) is 11.5 Å². The van der Waals surface area contributed by atoms with Crippen molar-refractivity contribution in [3.63, 3.8) is 0 Å². The van der Waals surface area contributed by atoms with Crippen LogP contribution in [0.25, 0.3) is 0 Å². The highest BCUT2D eigenvalue weighted by atomic mass is 16.4. The Hall–Kier alpha value is -2.28. The summed E-state index contributed by atoms with van der Waals surface area (Å²) in [4.78, 5) is 21.8. The van der Waals surface area contributed by atoms with E-state index in [-0.39, 0.29) is 30.0 Å². The quantitative estimate of drug-likeness (QED) is 0.490. The van der Waals surface area contributed by atoms with Crippen LogP contribution in [-0.4, -0.2) is 45.0 Å². The minimum Gasteiger partial charge on any atom is -0.508 e. The third kappa shape index (κ3) is 3.95. The molecule has 0 aliphatic heterocycles. The van der Waals surface area contributed by atoms with E-state index >= 15 is 0 Å². The lowest BCUT2D eigenvalue weighted by atomic mass is 10.2. The molecule has 1 amide bonds. The van der Waals surface area contributed by atoms with E-state index < -0.39 is 18.0 Å². The maximum atomic E-state index is 11.5. The minimum atomic E-state index is -1.54. The van der Waals surface area contributed by atoms with Gasteiger partial charge in [0, 0.05) is 24.6 Å². The van der Waals surface area contributed by atoms with E-state index in [2.05, 4.69) is 5.32 Å². The number of rotatable bonds is 5. The van der Waals surface area contributed by atoms with E-state index in [0.29, 0.717) is 0 Å². The summed E-state index contributed by atoms with van der Waals surface area (Å²) in [5.74, 6) is -2.46. The number of aliphatic hydroxyl groups is 1. The zero-order valence-electron chi connectivity index (χ0n) is 9.33. The SMILES string of the molecule is O=C(NCC[C@H](O)C(=O)O)c1cc(O)cc(O)c1. The predicted octanol–water partition coefficient (Wildman–Crippen LogP) is -0.337. The zero-order chi connectivity index (χ0) is 13.7. The van der Waals surface area contributed by atoms with Crippen molar-refractivity contribution in [2.75, 3.05) is 6.54 Å². The van der Waals surface area contributed by atoms with Crippen molar-refractivity contribution in [1.82, 2.24) is 5.32 Å². The molecule has 5 N–H and O–H groups in total. The van der Waals surface area contributed by atoms with Gasteiger partial charge in [-0.3, -0.25) is 4.79 Å². The number of carboxylic acids is 1. The molecular formula is C11H13NO6. The second kappa shape index (κ2) is 5.87. The Morgan fingerprint density at radius 1 is 1.17 bits per heavy atom. The molecule has 0 radical (unpaired) electrons. The second-order valence-electron chi connectivity index (χ2n) is 3.64. The highest BCUT2D eigenvalue weighted by molar-refractivity contribution is 5.95. The first-order chi connectivity index (χ1) is 8.40. The van der Waals surface area contributed by atoms with E-state index in [1.165, 1.54) is 0 Å². The van der Waals surface area contributed by atoms with E-state index in [1.54, 1.807) is 0 Å². The van der Waals surface area contributed by atoms with E-state index in [0.717, 1.165) is 18.2 Å². The fraction of sp³-hybridized carbons (Fsp3) is 0.273. The molecule has 0 bridgehead atoms. The number of nitrogens with one attached hydrogen (secondary N) is 1. The Kier molecular flexibility index (Phi) is 4.50. The van der Waals surface area contributed by atoms with Crippen molar-refractivity contribution in [3.8, 4) is 11.5 Å². The molecule has 1 rings (SSSR count). The molecule has 0 heterocycles. The van der Waals surface area contributed by atoms with Gasteiger partial charge in [0.25, 0.3) is 5.91 Å². The molecule has 7 heteroatoms. The number of carbonyl (C=O) groups is 2. The number of amides is 1. The summed E-state index contributed by atoms with van der Waals surface area (Å²) in [6.45, 7) is -0.0390. The van der Waals surface area contributed by atoms with Crippen LogP contribution in [-0.2, 0) is 4.79 Å². The number of hydrogen-bond acceptors (Lipinski definition) is 5. The standard InChI is InChI=1S/C11H13NO6/c13-7-3-6(4-8(14)5-7)10(16)12-2-1-9(15)11(17)18/h3-5,9,13-15H,1-2H2,(H,12,16)(H,17,18)/t9-/m0/s1. The first kappa shape index (κ1) is 13.8. The largest absolute Gasteiger partial charge is 0.508 e. The number of hydrogen-bond donors (Lipinski definition) is 5. The van der Waals surface area contributed by atoms with E-state index in [4.69, 9.17) is 10.2 Å². The summed E-state index contributed by atoms with van der Waals surface area (Å²) >= 11 is 0. The third-order valence-corrected chi connectivity index (χ3v) is 2.15. The Morgan fingerprint density at radius 3 is 2.22 bits per heavy atom.